The van der Waals surface area contributed by atoms with Gasteiger partial charge in [0.05, 0.1) is 34.0 Å². The van der Waals surface area contributed by atoms with Gasteiger partial charge in [-0.3, -0.25) is 9.36 Å². The Labute approximate surface area is 196 Å². The third kappa shape index (κ3) is 3.79. The van der Waals surface area contributed by atoms with Gasteiger partial charge < -0.3 is 10.3 Å². The molecule has 0 saturated carbocycles. The Morgan fingerprint density at radius 1 is 1.15 bits per heavy atom. The summed E-state index contributed by atoms with van der Waals surface area (Å²) in [6.45, 7) is 1.94. The lowest BCUT2D eigenvalue weighted by Gasteiger charge is -2.22. The zero-order valence-electron chi connectivity index (χ0n) is 17.2. The molecule has 166 valence electrons. The maximum Gasteiger partial charge on any atom is 0.266 e. The van der Waals surface area contributed by atoms with Crippen LogP contribution in [0, 0.1) is 5.82 Å². The molecule has 3 heterocycles. The van der Waals surface area contributed by atoms with Gasteiger partial charge in [0, 0.05) is 5.02 Å². The lowest BCUT2D eigenvalue weighted by Crippen LogP contribution is -2.28. The Balaban J connectivity index is 1.75. The first-order valence-corrected chi connectivity index (χ1v) is 10.8. The lowest BCUT2D eigenvalue weighted by atomic mass is 10.1. The van der Waals surface area contributed by atoms with E-state index in [9.17, 15) is 9.18 Å². The predicted octanol–water partition coefficient (Wildman–Crippen LogP) is 5.06. The fourth-order valence-corrected chi connectivity index (χ4v) is 4.18. The standard InChI is InChI=1S/C22H16Cl2FN7O/c1-2-15(30-20-18-19(27-9-26-18)28-10-29-20)21-31-16-5-4-12(25)8-13(16)22(33)32(21)17-6-3-11(23)7-14(17)24/h3-10,15H,2H2,1H3,(H2,26,27,28,29,30)/t15-/m1/s1. The summed E-state index contributed by atoms with van der Waals surface area (Å²) in [5, 5.41) is 4.14. The third-order valence-electron chi connectivity index (χ3n) is 5.25. The van der Waals surface area contributed by atoms with Crippen LogP contribution in [-0.4, -0.2) is 29.5 Å². The van der Waals surface area contributed by atoms with Crippen LogP contribution in [0.15, 0.2) is 53.8 Å². The monoisotopic (exact) mass is 483 g/mol. The van der Waals surface area contributed by atoms with E-state index in [1.165, 1.54) is 41.5 Å². The van der Waals surface area contributed by atoms with E-state index in [0.717, 1.165) is 0 Å². The number of anilines is 1. The van der Waals surface area contributed by atoms with Crippen molar-refractivity contribution in [2.75, 3.05) is 5.32 Å². The summed E-state index contributed by atoms with van der Waals surface area (Å²) in [4.78, 5) is 34.0. The molecule has 5 aromatic rings. The Morgan fingerprint density at radius 2 is 2.00 bits per heavy atom. The number of halogens is 3. The van der Waals surface area contributed by atoms with Gasteiger partial charge in [-0.05, 0) is 42.8 Å². The van der Waals surface area contributed by atoms with E-state index in [0.29, 0.717) is 45.5 Å². The van der Waals surface area contributed by atoms with Gasteiger partial charge in [-0.2, -0.15) is 0 Å². The fourth-order valence-electron chi connectivity index (χ4n) is 3.69. The molecule has 0 spiro atoms. The number of nitrogens with zero attached hydrogens (tertiary/aromatic N) is 5. The van der Waals surface area contributed by atoms with Gasteiger partial charge >= 0.3 is 0 Å². The SMILES string of the molecule is CC[C@@H](Nc1ncnc2[nH]cnc12)c1nc2ccc(F)cc2c(=O)n1-c1ccc(Cl)cc1Cl. The number of imidazole rings is 1. The summed E-state index contributed by atoms with van der Waals surface area (Å²) in [7, 11) is 0. The zero-order valence-corrected chi connectivity index (χ0v) is 18.7. The maximum absolute atomic E-state index is 14.0. The van der Waals surface area contributed by atoms with E-state index in [1.807, 2.05) is 6.92 Å². The Bertz CT molecular complexity index is 1570. The van der Waals surface area contributed by atoms with Gasteiger partial charge in [-0.1, -0.05) is 30.1 Å². The number of fused-ring (bicyclic) bond motifs is 2. The molecule has 5 rings (SSSR count). The molecule has 2 aromatic carbocycles. The molecule has 0 bridgehead atoms. The third-order valence-corrected chi connectivity index (χ3v) is 5.79. The smallest absolute Gasteiger partial charge is 0.266 e. The van der Waals surface area contributed by atoms with Crippen molar-refractivity contribution in [2.24, 2.45) is 0 Å². The molecule has 11 heteroatoms. The van der Waals surface area contributed by atoms with Gasteiger partial charge in [0.1, 0.15) is 23.5 Å². The van der Waals surface area contributed by atoms with Gasteiger partial charge in [-0.15, -0.1) is 0 Å². The van der Waals surface area contributed by atoms with Crippen LogP contribution < -0.4 is 10.9 Å². The Hall–Kier alpha value is -3.56. The summed E-state index contributed by atoms with van der Waals surface area (Å²) >= 11 is 12.5. The van der Waals surface area contributed by atoms with E-state index in [-0.39, 0.29) is 10.4 Å². The van der Waals surface area contributed by atoms with E-state index in [4.69, 9.17) is 28.2 Å². The molecule has 2 N–H and O–H groups in total. The zero-order chi connectivity index (χ0) is 23.1. The molecule has 0 radical (unpaired) electrons. The number of H-pyrrole nitrogens is 1. The van der Waals surface area contributed by atoms with E-state index in [2.05, 4.69) is 25.3 Å². The molecule has 0 aliphatic heterocycles. The minimum absolute atomic E-state index is 0.136. The first-order chi connectivity index (χ1) is 16.0. The highest BCUT2D eigenvalue weighted by atomic mass is 35.5. The molecule has 3 aromatic heterocycles. The molecule has 0 amide bonds. The van der Waals surface area contributed by atoms with Crippen LogP contribution in [0.25, 0.3) is 27.8 Å². The number of nitrogens with one attached hydrogen (secondary N) is 2. The minimum Gasteiger partial charge on any atom is -0.358 e. The molecule has 33 heavy (non-hydrogen) atoms. The number of hydrogen-bond donors (Lipinski definition) is 2. The van der Waals surface area contributed by atoms with E-state index in [1.54, 1.807) is 12.1 Å². The summed E-state index contributed by atoms with van der Waals surface area (Å²) in [6.07, 6.45) is 3.48. The second-order valence-corrected chi connectivity index (χ2v) is 8.14. The van der Waals surface area contributed by atoms with Gasteiger partial charge in [0.2, 0.25) is 0 Å². The Kier molecular flexibility index (Phi) is 5.43. The maximum atomic E-state index is 14.0. The first kappa shape index (κ1) is 21.3. The highest BCUT2D eigenvalue weighted by molar-refractivity contribution is 6.35. The quantitative estimate of drug-likeness (QED) is 0.362. The van der Waals surface area contributed by atoms with Crippen LogP contribution in [0.1, 0.15) is 25.2 Å². The second-order valence-electron chi connectivity index (χ2n) is 7.29. The highest BCUT2D eigenvalue weighted by Gasteiger charge is 2.23. The van der Waals surface area contributed by atoms with Crippen LogP contribution in [0.2, 0.25) is 10.0 Å². The van der Waals surface area contributed by atoms with Crippen molar-refractivity contribution < 1.29 is 4.39 Å². The molecular formula is C22H16Cl2FN7O. The number of benzene rings is 2. The van der Waals surface area contributed by atoms with E-state index >= 15 is 0 Å². The van der Waals surface area contributed by atoms with Crippen molar-refractivity contribution in [2.45, 2.75) is 19.4 Å². The van der Waals surface area contributed by atoms with E-state index < -0.39 is 17.4 Å². The van der Waals surface area contributed by atoms with Crippen molar-refractivity contribution in [3.8, 4) is 5.69 Å². The number of hydrogen-bond acceptors (Lipinski definition) is 6. The van der Waals surface area contributed by atoms with Crippen LogP contribution >= 0.6 is 23.2 Å². The Morgan fingerprint density at radius 3 is 2.79 bits per heavy atom. The first-order valence-electron chi connectivity index (χ1n) is 10.0. The molecule has 0 fully saturated rings. The van der Waals surface area contributed by atoms with Crippen molar-refractivity contribution in [3.05, 3.63) is 81.1 Å². The molecule has 0 aliphatic rings. The van der Waals surface area contributed by atoms with Crippen molar-refractivity contribution in [1.29, 1.82) is 0 Å². The van der Waals surface area contributed by atoms with Crippen molar-refractivity contribution in [3.63, 3.8) is 0 Å². The number of aromatic amines is 1. The summed E-state index contributed by atoms with van der Waals surface area (Å²) in [6, 6.07) is 8.24. The average molecular weight is 484 g/mol. The summed E-state index contributed by atoms with van der Waals surface area (Å²) in [5.41, 5.74) is 1.42. The second kappa shape index (κ2) is 8.42. The average Bonchev–Trinajstić information content (AvgIpc) is 3.28. The van der Waals surface area contributed by atoms with Gasteiger partial charge in [0.15, 0.2) is 11.5 Å². The molecule has 0 unspecified atom stereocenters. The van der Waals surface area contributed by atoms with Crippen LogP contribution in [0.3, 0.4) is 0 Å². The fraction of sp³-hybridized carbons (Fsp3) is 0.136. The van der Waals surface area contributed by atoms with Crippen molar-refractivity contribution >= 4 is 51.1 Å². The summed E-state index contributed by atoms with van der Waals surface area (Å²) < 4.78 is 15.3. The van der Waals surface area contributed by atoms with Gasteiger partial charge in [-0.25, -0.2) is 24.3 Å². The summed E-state index contributed by atoms with van der Waals surface area (Å²) in [5.74, 6) is 0.332. The van der Waals surface area contributed by atoms with Gasteiger partial charge in [0.25, 0.3) is 5.56 Å². The van der Waals surface area contributed by atoms with Crippen LogP contribution in [0.4, 0.5) is 10.2 Å². The molecule has 0 aliphatic carbocycles. The molecule has 1 atom stereocenters. The normalized spacial score (nSPS) is 12.4. The largest absolute Gasteiger partial charge is 0.358 e. The molecular weight excluding hydrogens is 468 g/mol. The lowest BCUT2D eigenvalue weighted by molar-refractivity contribution is 0.628. The number of aromatic nitrogens is 6. The number of rotatable bonds is 5. The van der Waals surface area contributed by atoms with Crippen molar-refractivity contribution in [1.82, 2.24) is 29.5 Å². The van der Waals surface area contributed by atoms with Crippen LogP contribution in [0.5, 0.6) is 0 Å². The minimum atomic E-state index is -0.532. The molecule has 0 saturated heterocycles. The molecule has 8 nitrogen and oxygen atoms in total. The van der Waals surface area contributed by atoms with Crippen LogP contribution in [-0.2, 0) is 0 Å². The topological polar surface area (TPSA) is 101 Å². The predicted molar refractivity (Wildman–Crippen MR) is 126 cm³/mol. The highest BCUT2D eigenvalue weighted by Crippen LogP contribution is 2.29.